The molecule has 7 heteroatoms. The van der Waals surface area contributed by atoms with Gasteiger partial charge in [-0.2, -0.15) is 0 Å². The van der Waals surface area contributed by atoms with Crippen LogP contribution in [-0.4, -0.2) is 56.7 Å². The molecule has 0 saturated heterocycles. The Kier molecular flexibility index (Phi) is 10.8. The molecule has 0 fully saturated rings. The number of hydrogen-bond donors (Lipinski definition) is 1. The van der Waals surface area contributed by atoms with Crippen molar-refractivity contribution in [2.75, 3.05) is 40.9 Å². The number of nitrogens with one attached hydrogen (secondary N) is 1. The monoisotopic (exact) mass is 493 g/mol. The van der Waals surface area contributed by atoms with Crippen molar-refractivity contribution in [2.45, 2.75) is 25.7 Å². The lowest BCUT2D eigenvalue weighted by Gasteiger charge is -2.17. The van der Waals surface area contributed by atoms with Gasteiger partial charge in [-0.1, -0.05) is 18.2 Å². The number of thiophene rings is 1. The Hall–Kier alpha value is -3.16. The molecule has 0 aliphatic rings. The van der Waals surface area contributed by atoms with Crippen molar-refractivity contribution in [3.05, 3.63) is 71.4 Å². The molecule has 1 N–H and O–H groups in total. The van der Waals surface area contributed by atoms with E-state index in [1.165, 1.54) is 10.4 Å². The molecular weight excluding hydrogens is 458 g/mol. The first-order chi connectivity index (χ1) is 17.1. The number of methoxy groups -OCH3 is 2. The SMILES string of the molecule is COc1ccc(CCN(C)CCCCNC(=O)C/C=C/c2ccc(-c3cccnc3)s2)cc1OC. The summed E-state index contributed by atoms with van der Waals surface area (Å²) in [6.45, 7) is 2.68. The maximum Gasteiger partial charge on any atom is 0.223 e. The first kappa shape index (κ1) is 26.4. The number of rotatable bonds is 14. The molecule has 1 amide bonds. The van der Waals surface area contributed by atoms with E-state index in [9.17, 15) is 4.79 Å². The van der Waals surface area contributed by atoms with Crippen LogP contribution in [0.25, 0.3) is 16.5 Å². The zero-order valence-electron chi connectivity index (χ0n) is 20.8. The van der Waals surface area contributed by atoms with Crippen LogP contribution < -0.4 is 14.8 Å². The molecule has 0 radical (unpaired) electrons. The van der Waals surface area contributed by atoms with Gasteiger partial charge in [0.2, 0.25) is 5.91 Å². The zero-order valence-corrected chi connectivity index (χ0v) is 21.6. The third-order valence-electron chi connectivity index (χ3n) is 5.68. The summed E-state index contributed by atoms with van der Waals surface area (Å²) in [5.74, 6) is 1.58. The molecule has 0 atom stereocenters. The van der Waals surface area contributed by atoms with Gasteiger partial charge in [0.1, 0.15) is 0 Å². The highest BCUT2D eigenvalue weighted by Crippen LogP contribution is 2.28. The summed E-state index contributed by atoms with van der Waals surface area (Å²) >= 11 is 1.70. The van der Waals surface area contributed by atoms with E-state index in [-0.39, 0.29) is 5.91 Å². The van der Waals surface area contributed by atoms with Gasteiger partial charge < -0.3 is 19.7 Å². The van der Waals surface area contributed by atoms with Gasteiger partial charge in [-0.05, 0) is 74.8 Å². The van der Waals surface area contributed by atoms with Crippen LogP contribution in [0.15, 0.2) is 60.9 Å². The van der Waals surface area contributed by atoms with E-state index in [0.717, 1.165) is 54.3 Å². The number of carbonyl (C=O) groups is 1. The molecule has 6 nitrogen and oxygen atoms in total. The average molecular weight is 494 g/mol. The van der Waals surface area contributed by atoms with Crippen molar-refractivity contribution in [1.82, 2.24) is 15.2 Å². The number of aromatic nitrogens is 1. The minimum absolute atomic E-state index is 0.0621. The molecule has 1 aromatic carbocycles. The molecule has 0 aliphatic carbocycles. The van der Waals surface area contributed by atoms with Crippen LogP contribution >= 0.6 is 11.3 Å². The summed E-state index contributed by atoms with van der Waals surface area (Å²) in [6.07, 6.45) is 10.9. The van der Waals surface area contributed by atoms with Gasteiger partial charge in [0.15, 0.2) is 11.5 Å². The summed E-state index contributed by atoms with van der Waals surface area (Å²) in [5, 5.41) is 3.02. The Bertz CT molecular complexity index is 1080. The van der Waals surface area contributed by atoms with Crippen molar-refractivity contribution in [1.29, 1.82) is 0 Å². The smallest absolute Gasteiger partial charge is 0.223 e. The van der Waals surface area contributed by atoms with Crippen LogP contribution in [-0.2, 0) is 11.2 Å². The fraction of sp³-hybridized carbons (Fsp3) is 0.357. The maximum atomic E-state index is 12.1. The van der Waals surface area contributed by atoms with Crippen molar-refractivity contribution >= 4 is 23.3 Å². The first-order valence-corrected chi connectivity index (χ1v) is 12.7. The number of likely N-dealkylation sites (N-methyl/N-ethyl adjacent to an activating group) is 1. The summed E-state index contributed by atoms with van der Waals surface area (Å²) in [6, 6.07) is 14.2. The molecule has 186 valence electrons. The van der Waals surface area contributed by atoms with Gasteiger partial charge in [0, 0.05) is 47.2 Å². The summed E-state index contributed by atoms with van der Waals surface area (Å²) < 4.78 is 10.7. The normalized spacial score (nSPS) is 11.2. The average Bonchev–Trinajstić information content (AvgIpc) is 3.36. The van der Waals surface area contributed by atoms with Crippen molar-refractivity contribution in [3.63, 3.8) is 0 Å². The number of benzene rings is 1. The molecule has 3 aromatic rings. The van der Waals surface area contributed by atoms with Gasteiger partial charge >= 0.3 is 0 Å². The number of amides is 1. The van der Waals surface area contributed by atoms with E-state index >= 15 is 0 Å². The molecule has 2 aromatic heterocycles. The number of ether oxygens (including phenoxy) is 2. The Balaban J connectivity index is 1.27. The fourth-order valence-electron chi connectivity index (χ4n) is 3.66. The van der Waals surface area contributed by atoms with Gasteiger partial charge in [0.25, 0.3) is 0 Å². The molecule has 35 heavy (non-hydrogen) atoms. The predicted octanol–water partition coefficient (Wildman–Crippen LogP) is 5.30. The maximum absolute atomic E-state index is 12.1. The second-order valence-electron chi connectivity index (χ2n) is 8.35. The Labute approximate surface area is 212 Å². The number of pyridine rings is 1. The minimum Gasteiger partial charge on any atom is -0.493 e. The standard InChI is InChI=1S/C28H35N3O3S/c1-31(19-15-22-11-13-25(33-2)26(20-22)34-3)18-5-4-17-30-28(32)10-6-9-24-12-14-27(35-24)23-8-7-16-29-21-23/h6-9,11-14,16,20-21H,4-5,10,15,17-19H2,1-3H3,(H,30,32)/b9-6+. The Morgan fingerprint density at radius 2 is 1.94 bits per heavy atom. The lowest BCUT2D eigenvalue weighted by molar-refractivity contribution is -0.120. The van der Waals surface area contributed by atoms with Crippen LogP contribution in [0.1, 0.15) is 29.7 Å². The van der Waals surface area contributed by atoms with Gasteiger partial charge in [-0.3, -0.25) is 9.78 Å². The number of carbonyl (C=O) groups excluding carboxylic acids is 1. The topological polar surface area (TPSA) is 63.7 Å². The zero-order chi connectivity index (χ0) is 24.9. The lowest BCUT2D eigenvalue weighted by atomic mass is 10.1. The van der Waals surface area contributed by atoms with E-state index in [1.807, 2.05) is 36.5 Å². The van der Waals surface area contributed by atoms with E-state index in [2.05, 4.69) is 46.5 Å². The molecule has 0 bridgehead atoms. The van der Waals surface area contributed by atoms with Crippen LogP contribution in [0.4, 0.5) is 0 Å². The Morgan fingerprint density at radius 1 is 1.09 bits per heavy atom. The highest BCUT2D eigenvalue weighted by molar-refractivity contribution is 7.16. The largest absolute Gasteiger partial charge is 0.493 e. The lowest BCUT2D eigenvalue weighted by Crippen LogP contribution is -2.26. The Morgan fingerprint density at radius 3 is 2.71 bits per heavy atom. The predicted molar refractivity (Wildman–Crippen MR) is 144 cm³/mol. The van der Waals surface area contributed by atoms with Crippen molar-refractivity contribution in [2.24, 2.45) is 0 Å². The third kappa shape index (κ3) is 8.85. The van der Waals surface area contributed by atoms with Crippen LogP contribution in [0.2, 0.25) is 0 Å². The number of hydrogen-bond acceptors (Lipinski definition) is 6. The number of unbranched alkanes of at least 4 members (excludes halogenated alkanes) is 1. The van der Waals surface area contributed by atoms with Gasteiger partial charge in [-0.25, -0.2) is 0 Å². The summed E-state index contributed by atoms with van der Waals surface area (Å²) in [4.78, 5) is 20.9. The van der Waals surface area contributed by atoms with Crippen LogP contribution in [0, 0.1) is 0 Å². The summed E-state index contributed by atoms with van der Waals surface area (Å²) in [7, 11) is 5.44. The van der Waals surface area contributed by atoms with E-state index in [1.54, 1.807) is 31.8 Å². The quantitative estimate of drug-likeness (QED) is 0.309. The number of nitrogens with zero attached hydrogens (tertiary/aromatic N) is 2. The second kappa shape index (κ2) is 14.3. The molecule has 0 saturated carbocycles. The molecule has 3 rings (SSSR count). The molecule has 0 unspecified atom stereocenters. The van der Waals surface area contributed by atoms with E-state index in [0.29, 0.717) is 13.0 Å². The molecule has 2 heterocycles. The minimum atomic E-state index is 0.0621. The molecular formula is C28H35N3O3S. The van der Waals surface area contributed by atoms with E-state index < -0.39 is 0 Å². The third-order valence-corrected chi connectivity index (χ3v) is 6.78. The van der Waals surface area contributed by atoms with E-state index in [4.69, 9.17) is 9.47 Å². The van der Waals surface area contributed by atoms with Gasteiger partial charge in [-0.15, -0.1) is 11.3 Å². The fourth-order valence-corrected chi connectivity index (χ4v) is 4.59. The van der Waals surface area contributed by atoms with Crippen LogP contribution in [0.3, 0.4) is 0 Å². The molecule has 0 aliphatic heterocycles. The van der Waals surface area contributed by atoms with Gasteiger partial charge in [0.05, 0.1) is 14.2 Å². The first-order valence-electron chi connectivity index (χ1n) is 11.9. The molecule has 0 spiro atoms. The van der Waals surface area contributed by atoms with Crippen molar-refractivity contribution in [3.8, 4) is 21.9 Å². The van der Waals surface area contributed by atoms with Crippen molar-refractivity contribution < 1.29 is 14.3 Å². The summed E-state index contributed by atoms with van der Waals surface area (Å²) in [5.41, 5.74) is 2.34. The van der Waals surface area contributed by atoms with Crippen LogP contribution in [0.5, 0.6) is 11.5 Å². The highest BCUT2D eigenvalue weighted by atomic mass is 32.1. The second-order valence-corrected chi connectivity index (χ2v) is 9.47. The highest BCUT2D eigenvalue weighted by Gasteiger charge is 2.06.